The number of hydrogen-bond donors (Lipinski definition) is 1. The molecule has 0 atom stereocenters. The van der Waals surface area contributed by atoms with Crippen LogP contribution in [0, 0.1) is 0 Å². The van der Waals surface area contributed by atoms with Crippen LogP contribution in [0.1, 0.15) is 42.5 Å². The predicted molar refractivity (Wildman–Crippen MR) is 78.2 cm³/mol. The Morgan fingerprint density at radius 1 is 1.37 bits per heavy atom. The second-order valence-corrected chi connectivity index (χ2v) is 6.22. The van der Waals surface area contributed by atoms with Crippen LogP contribution in [0.25, 0.3) is 0 Å². The van der Waals surface area contributed by atoms with Crippen molar-refractivity contribution < 1.29 is 14.6 Å². The Hall–Kier alpha value is -1.16. The highest BCUT2D eigenvalue weighted by molar-refractivity contribution is 7.99. The molecular formula is C15H20O3S. The van der Waals surface area contributed by atoms with Gasteiger partial charge in [0.15, 0.2) is 0 Å². The lowest BCUT2D eigenvalue weighted by Crippen LogP contribution is -2.03. The summed E-state index contributed by atoms with van der Waals surface area (Å²) in [6.45, 7) is 0.656. The number of ether oxygens (including phenoxy) is 1. The zero-order valence-corrected chi connectivity index (χ0v) is 11.8. The maximum absolute atomic E-state index is 10.8. The van der Waals surface area contributed by atoms with E-state index in [1.807, 2.05) is 0 Å². The van der Waals surface area contributed by atoms with E-state index in [2.05, 4.69) is 11.8 Å². The number of rotatable bonds is 7. The fourth-order valence-corrected chi connectivity index (χ4v) is 3.56. The number of aromatic carboxylic acids is 1. The Morgan fingerprint density at radius 2 is 2.16 bits per heavy atom. The topological polar surface area (TPSA) is 46.5 Å². The molecule has 2 rings (SSSR count). The first-order valence-corrected chi connectivity index (χ1v) is 7.88. The minimum atomic E-state index is -0.915. The van der Waals surface area contributed by atoms with Crippen molar-refractivity contribution in [2.75, 3.05) is 12.4 Å². The standard InChI is InChI=1S/C15H20O3S/c16-15(17)12-5-3-6-13(11-12)18-9-4-10-19-14-7-1-2-8-14/h3,5-6,11,14H,1-2,4,7-10H2,(H,16,17). The summed E-state index contributed by atoms with van der Waals surface area (Å²) >= 11 is 2.05. The minimum absolute atomic E-state index is 0.276. The fraction of sp³-hybridized carbons (Fsp3) is 0.533. The molecule has 0 heterocycles. The Morgan fingerprint density at radius 3 is 2.89 bits per heavy atom. The van der Waals surface area contributed by atoms with E-state index in [9.17, 15) is 4.79 Å². The molecule has 1 fully saturated rings. The van der Waals surface area contributed by atoms with Crippen molar-refractivity contribution in [2.24, 2.45) is 0 Å². The third kappa shape index (κ3) is 4.78. The van der Waals surface area contributed by atoms with Gasteiger partial charge in [0.25, 0.3) is 0 Å². The molecule has 19 heavy (non-hydrogen) atoms. The molecule has 1 aromatic rings. The van der Waals surface area contributed by atoms with Crippen molar-refractivity contribution in [1.29, 1.82) is 0 Å². The molecule has 4 heteroatoms. The maximum Gasteiger partial charge on any atom is 0.335 e. The molecule has 3 nitrogen and oxygen atoms in total. The van der Waals surface area contributed by atoms with Crippen LogP contribution in [0.15, 0.2) is 24.3 Å². The molecule has 0 radical (unpaired) electrons. The summed E-state index contributed by atoms with van der Waals surface area (Å²) in [5, 5.41) is 9.74. The summed E-state index contributed by atoms with van der Waals surface area (Å²) in [4.78, 5) is 10.8. The van der Waals surface area contributed by atoms with Crippen molar-refractivity contribution >= 4 is 17.7 Å². The lowest BCUT2D eigenvalue weighted by atomic mass is 10.2. The zero-order valence-electron chi connectivity index (χ0n) is 11.0. The molecule has 1 aromatic carbocycles. The van der Waals surface area contributed by atoms with Crippen molar-refractivity contribution in [2.45, 2.75) is 37.4 Å². The Bertz CT molecular complexity index is 414. The van der Waals surface area contributed by atoms with Gasteiger partial charge in [-0.25, -0.2) is 4.79 Å². The van der Waals surface area contributed by atoms with Gasteiger partial charge in [0.05, 0.1) is 12.2 Å². The maximum atomic E-state index is 10.8. The van der Waals surface area contributed by atoms with Gasteiger partial charge in [-0.1, -0.05) is 18.9 Å². The molecule has 104 valence electrons. The lowest BCUT2D eigenvalue weighted by Gasteiger charge is -2.09. The van der Waals surface area contributed by atoms with Crippen molar-refractivity contribution in [3.8, 4) is 5.75 Å². The van der Waals surface area contributed by atoms with Crippen LogP contribution >= 0.6 is 11.8 Å². The molecule has 0 aliphatic heterocycles. The highest BCUT2D eigenvalue weighted by Crippen LogP contribution is 2.29. The Kier molecular flexibility index (Phi) is 5.58. The zero-order chi connectivity index (χ0) is 13.5. The van der Waals surface area contributed by atoms with Crippen LogP contribution in [0.4, 0.5) is 0 Å². The number of carboxylic acids is 1. The molecule has 0 saturated heterocycles. The summed E-state index contributed by atoms with van der Waals surface area (Å²) in [6.07, 6.45) is 6.52. The Labute approximate surface area is 118 Å². The van der Waals surface area contributed by atoms with E-state index < -0.39 is 5.97 Å². The van der Waals surface area contributed by atoms with Gasteiger partial charge >= 0.3 is 5.97 Å². The van der Waals surface area contributed by atoms with Crippen molar-refractivity contribution in [3.05, 3.63) is 29.8 Å². The quantitative estimate of drug-likeness (QED) is 0.771. The van der Waals surface area contributed by atoms with Crippen LogP contribution in [0.5, 0.6) is 5.75 Å². The SMILES string of the molecule is O=C(O)c1cccc(OCCCSC2CCCC2)c1. The molecule has 1 N–H and O–H groups in total. The monoisotopic (exact) mass is 280 g/mol. The second-order valence-electron chi connectivity index (χ2n) is 4.81. The molecule has 1 aliphatic carbocycles. The first-order valence-electron chi connectivity index (χ1n) is 6.83. The number of carbonyl (C=O) groups is 1. The molecule has 0 aromatic heterocycles. The number of thioether (sulfide) groups is 1. The summed E-state index contributed by atoms with van der Waals surface area (Å²) in [6, 6.07) is 6.67. The van der Waals surface area contributed by atoms with E-state index in [-0.39, 0.29) is 5.56 Å². The van der Waals surface area contributed by atoms with E-state index in [1.165, 1.54) is 25.7 Å². The summed E-state index contributed by atoms with van der Waals surface area (Å²) in [7, 11) is 0. The Balaban J connectivity index is 1.64. The predicted octanol–water partition coefficient (Wildman–Crippen LogP) is 3.83. The molecule has 1 aliphatic rings. The van der Waals surface area contributed by atoms with Gasteiger partial charge in [-0.3, -0.25) is 0 Å². The number of benzene rings is 1. The minimum Gasteiger partial charge on any atom is -0.494 e. The van der Waals surface area contributed by atoms with E-state index in [4.69, 9.17) is 9.84 Å². The van der Waals surface area contributed by atoms with Crippen molar-refractivity contribution in [1.82, 2.24) is 0 Å². The van der Waals surface area contributed by atoms with E-state index in [0.717, 1.165) is 17.4 Å². The van der Waals surface area contributed by atoms with E-state index in [0.29, 0.717) is 12.4 Å². The van der Waals surface area contributed by atoms with Gasteiger partial charge in [-0.05, 0) is 43.2 Å². The average Bonchev–Trinajstić information content (AvgIpc) is 2.92. The highest BCUT2D eigenvalue weighted by Gasteiger charge is 2.14. The third-order valence-electron chi connectivity index (χ3n) is 3.29. The van der Waals surface area contributed by atoms with Crippen LogP contribution < -0.4 is 4.74 Å². The van der Waals surface area contributed by atoms with Crippen LogP contribution in [0.3, 0.4) is 0 Å². The van der Waals surface area contributed by atoms with Crippen LogP contribution in [-0.2, 0) is 0 Å². The molecule has 0 amide bonds. The molecule has 0 unspecified atom stereocenters. The molecular weight excluding hydrogens is 260 g/mol. The van der Waals surface area contributed by atoms with Gasteiger partial charge in [-0.15, -0.1) is 0 Å². The first kappa shape index (κ1) is 14.3. The third-order valence-corrected chi connectivity index (χ3v) is 4.76. The van der Waals surface area contributed by atoms with Gasteiger partial charge in [0.2, 0.25) is 0 Å². The van der Waals surface area contributed by atoms with Gasteiger partial charge < -0.3 is 9.84 Å². The normalized spacial score (nSPS) is 15.6. The van der Waals surface area contributed by atoms with E-state index in [1.54, 1.807) is 24.3 Å². The molecule has 0 spiro atoms. The highest BCUT2D eigenvalue weighted by atomic mass is 32.2. The average molecular weight is 280 g/mol. The summed E-state index contributed by atoms with van der Waals surface area (Å²) in [5.74, 6) is 0.858. The first-order chi connectivity index (χ1) is 9.25. The van der Waals surface area contributed by atoms with Gasteiger partial charge in [0.1, 0.15) is 5.75 Å². The van der Waals surface area contributed by atoms with Crippen LogP contribution in [-0.4, -0.2) is 28.7 Å². The summed E-state index contributed by atoms with van der Waals surface area (Å²) < 4.78 is 5.58. The number of hydrogen-bond acceptors (Lipinski definition) is 3. The summed E-state index contributed by atoms with van der Waals surface area (Å²) in [5.41, 5.74) is 0.276. The van der Waals surface area contributed by atoms with Gasteiger partial charge in [0, 0.05) is 5.25 Å². The van der Waals surface area contributed by atoms with Crippen LogP contribution in [0.2, 0.25) is 0 Å². The number of carboxylic acid groups (broad SMARTS) is 1. The lowest BCUT2D eigenvalue weighted by molar-refractivity contribution is 0.0696. The molecule has 1 saturated carbocycles. The smallest absolute Gasteiger partial charge is 0.335 e. The van der Waals surface area contributed by atoms with Crippen molar-refractivity contribution in [3.63, 3.8) is 0 Å². The fourth-order valence-electron chi connectivity index (χ4n) is 2.27. The van der Waals surface area contributed by atoms with Gasteiger partial charge in [-0.2, -0.15) is 11.8 Å². The second kappa shape index (κ2) is 7.43. The largest absolute Gasteiger partial charge is 0.494 e. The molecule has 0 bridgehead atoms. The van der Waals surface area contributed by atoms with E-state index >= 15 is 0 Å².